The van der Waals surface area contributed by atoms with Crippen LogP contribution in [0.4, 0.5) is 5.69 Å². The van der Waals surface area contributed by atoms with E-state index in [2.05, 4.69) is 5.32 Å². The maximum Gasteiger partial charge on any atom is 0.337 e. The molecule has 0 aliphatic heterocycles. The molecule has 0 bridgehead atoms. The van der Waals surface area contributed by atoms with Crippen LogP contribution in [-0.4, -0.2) is 22.1 Å². The molecule has 0 spiro atoms. The van der Waals surface area contributed by atoms with Gasteiger partial charge in [0, 0.05) is 5.02 Å². The lowest BCUT2D eigenvalue weighted by Gasteiger charge is -2.07. The third-order valence-electron chi connectivity index (χ3n) is 3.56. The number of anilines is 1. The number of carboxylic acids is 1. The lowest BCUT2D eigenvalue weighted by atomic mass is 10.1. The zero-order valence-corrected chi connectivity index (χ0v) is 14.6. The zero-order chi connectivity index (χ0) is 19.4. The van der Waals surface area contributed by atoms with Crippen LogP contribution in [0.2, 0.25) is 5.02 Å². The van der Waals surface area contributed by atoms with Crippen molar-refractivity contribution in [2.75, 3.05) is 5.32 Å². The number of rotatable bonds is 6. The highest BCUT2D eigenvalue weighted by atomic mass is 35.5. The molecule has 0 saturated carbocycles. The second-order valence-electron chi connectivity index (χ2n) is 5.50. The van der Waals surface area contributed by atoms with Crippen LogP contribution < -0.4 is 10.1 Å². The van der Waals surface area contributed by atoms with Crippen LogP contribution in [0.25, 0.3) is 0 Å². The summed E-state index contributed by atoms with van der Waals surface area (Å²) in [4.78, 5) is 23.5. The number of hydrogen-bond donors (Lipinski definition) is 3. The molecule has 0 unspecified atom stereocenters. The number of phenols is 1. The van der Waals surface area contributed by atoms with E-state index in [9.17, 15) is 14.7 Å². The van der Waals surface area contributed by atoms with Gasteiger partial charge in [-0.15, -0.1) is 0 Å². The van der Waals surface area contributed by atoms with Gasteiger partial charge in [-0.05, 0) is 54.6 Å². The summed E-state index contributed by atoms with van der Waals surface area (Å²) >= 11 is 5.80. The minimum absolute atomic E-state index is 0.00544. The molecule has 0 radical (unpaired) electrons. The van der Waals surface area contributed by atoms with Crippen LogP contribution >= 0.6 is 11.6 Å². The quantitative estimate of drug-likeness (QED) is 0.548. The highest BCUT2D eigenvalue weighted by molar-refractivity contribution is 6.30. The van der Waals surface area contributed by atoms with E-state index < -0.39 is 11.9 Å². The number of carboxylic acid groups (broad SMARTS) is 1. The third-order valence-corrected chi connectivity index (χ3v) is 3.81. The van der Waals surface area contributed by atoms with Gasteiger partial charge in [-0.1, -0.05) is 11.6 Å². The largest absolute Gasteiger partial charge is 0.508 e. The Morgan fingerprint density at radius 2 is 1.81 bits per heavy atom. The molecule has 0 atom stereocenters. The van der Waals surface area contributed by atoms with Gasteiger partial charge in [0.15, 0.2) is 5.76 Å². The minimum atomic E-state index is -1.28. The van der Waals surface area contributed by atoms with Crippen molar-refractivity contribution in [3.05, 3.63) is 76.7 Å². The molecule has 27 heavy (non-hydrogen) atoms. The van der Waals surface area contributed by atoms with Crippen LogP contribution in [0.3, 0.4) is 0 Å². The molecule has 7 nitrogen and oxygen atoms in total. The molecule has 0 saturated heterocycles. The average Bonchev–Trinajstić information content (AvgIpc) is 3.12. The first-order chi connectivity index (χ1) is 12.9. The van der Waals surface area contributed by atoms with Crippen molar-refractivity contribution in [2.24, 2.45) is 0 Å². The average molecular weight is 388 g/mol. The molecule has 1 aromatic heterocycles. The van der Waals surface area contributed by atoms with Crippen LogP contribution in [0, 0.1) is 0 Å². The topological polar surface area (TPSA) is 109 Å². The third kappa shape index (κ3) is 4.59. The number of carbonyl (C=O) groups excluding carboxylic acids is 1. The highest BCUT2D eigenvalue weighted by Gasteiger charge is 2.17. The van der Waals surface area contributed by atoms with E-state index in [-0.39, 0.29) is 29.4 Å². The van der Waals surface area contributed by atoms with Crippen molar-refractivity contribution >= 4 is 29.2 Å². The number of ether oxygens (including phenoxy) is 1. The van der Waals surface area contributed by atoms with Gasteiger partial charge in [0.25, 0.3) is 5.91 Å². The van der Waals surface area contributed by atoms with Gasteiger partial charge in [-0.2, -0.15) is 0 Å². The number of amides is 1. The highest BCUT2D eigenvalue weighted by Crippen LogP contribution is 2.23. The van der Waals surface area contributed by atoms with Gasteiger partial charge in [0.1, 0.15) is 23.9 Å². The van der Waals surface area contributed by atoms with Gasteiger partial charge in [0.2, 0.25) is 0 Å². The monoisotopic (exact) mass is 387 g/mol. The fraction of sp³-hybridized carbons (Fsp3) is 0.0526. The Bertz CT molecular complexity index is 980. The van der Waals surface area contributed by atoms with Gasteiger partial charge in [-0.3, -0.25) is 4.79 Å². The molecule has 8 heteroatoms. The summed E-state index contributed by atoms with van der Waals surface area (Å²) in [5.74, 6) is -1.12. The molecule has 1 heterocycles. The van der Waals surface area contributed by atoms with Gasteiger partial charge >= 0.3 is 5.97 Å². The normalized spacial score (nSPS) is 10.4. The molecular formula is C19H14ClNO6. The van der Waals surface area contributed by atoms with Crippen molar-refractivity contribution in [3.8, 4) is 11.5 Å². The molecule has 3 aromatic rings. The van der Waals surface area contributed by atoms with E-state index in [4.69, 9.17) is 25.9 Å². The van der Waals surface area contributed by atoms with E-state index >= 15 is 0 Å². The summed E-state index contributed by atoms with van der Waals surface area (Å²) in [7, 11) is 0. The number of nitrogens with one attached hydrogen (secondary N) is 1. The Kier molecular flexibility index (Phi) is 5.33. The Hall–Kier alpha value is -3.45. The number of phenolic OH excluding ortho intramolecular Hbond substituents is 1. The SMILES string of the molecule is O=C(Nc1ccc(O)cc1C(=O)O)c1ccc(COc2ccc(Cl)cc2)o1. The summed E-state index contributed by atoms with van der Waals surface area (Å²) < 4.78 is 11.0. The van der Waals surface area contributed by atoms with Crippen molar-refractivity contribution in [3.63, 3.8) is 0 Å². The number of halogens is 1. The standard InChI is InChI=1S/C19H14ClNO6/c20-11-1-4-13(5-2-11)26-10-14-6-8-17(27-14)18(23)21-16-7-3-12(22)9-15(16)19(24)25/h1-9,22H,10H2,(H,21,23)(H,24,25). The number of furan rings is 1. The molecule has 2 aromatic carbocycles. The summed E-state index contributed by atoms with van der Waals surface area (Å²) in [6.07, 6.45) is 0. The van der Waals surface area contributed by atoms with Crippen molar-refractivity contribution in [2.45, 2.75) is 6.61 Å². The van der Waals surface area contributed by atoms with Crippen LogP contribution in [0.1, 0.15) is 26.7 Å². The van der Waals surface area contributed by atoms with Crippen LogP contribution in [0.5, 0.6) is 11.5 Å². The number of aromatic hydroxyl groups is 1. The number of hydrogen-bond acceptors (Lipinski definition) is 5. The first-order valence-corrected chi connectivity index (χ1v) is 8.15. The van der Waals surface area contributed by atoms with Gasteiger partial charge in [0.05, 0.1) is 11.3 Å². The van der Waals surface area contributed by atoms with Crippen molar-refractivity contribution in [1.29, 1.82) is 0 Å². The molecule has 0 fully saturated rings. The molecular weight excluding hydrogens is 374 g/mol. The lowest BCUT2D eigenvalue weighted by Crippen LogP contribution is -2.14. The first kappa shape index (κ1) is 18.3. The second-order valence-corrected chi connectivity index (χ2v) is 5.93. The van der Waals surface area contributed by atoms with E-state index in [1.54, 1.807) is 30.3 Å². The molecule has 0 aliphatic rings. The molecule has 1 amide bonds. The Balaban J connectivity index is 1.66. The van der Waals surface area contributed by atoms with Crippen LogP contribution in [0.15, 0.2) is 59.0 Å². The zero-order valence-electron chi connectivity index (χ0n) is 13.8. The van der Waals surface area contributed by atoms with Gasteiger partial charge < -0.3 is 24.7 Å². The fourth-order valence-electron chi connectivity index (χ4n) is 2.26. The van der Waals surface area contributed by atoms with E-state index in [1.165, 1.54) is 18.2 Å². The molecule has 3 N–H and O–H groups in total. The predicted octanol–water partition coefficient (Wildman–Crippen LogP) is 4.17. The summed E-state index contributed by atoms with van der Waals surface area (Å²) in [6.45, 7) is 0.106. The Morgan fingerprint density at radius 3 is 2.52 bits per heavy atom. The summed E-state index contributed by atoms with van der Waals surface area (Å²) in [5.41, 5.74) is -0.193. The smallest absolute Gasteiger partial charge is 0.337 e. The Labute approximate surface area is 158 Å². The predicted molar refractivity (Wildman–Crippen MR) is 97.5 cm³/mol. The first-order valence-electron chi connectivity index (χ1n) is 7.77. The maximum atomic E-state index is 12.3. The van der Waals surface area contributed by atoms with Crippen molar-refractivity contribution in [1.82, 2.24) is 0 Å². The molecule has 3 rings (SSSR count). The maximum absolute atomic E-state index is 12.3. The number of benzene rings is 2. The van der Waals surface area contributed by atoms with Crippen LogP contribution in [-0.2, 0) is 6.61 Å². The number of aromatic carboxylic acids is 1. The molecule has 138 valence electrons. The van der Waals surface area contributed by atoms with E-state index in [0.717, 1.165) is 6.07 Å². The van der Waals surface area contributed by atoms with E-state index in [0.29, 0.717) is 16.5 Å². The Morgan fingerprint density at radius 1 is 1.07 bits per heavy atom. The van der Waals surface area contributed by atoms with Crippen molar-refractivity contribution < 1.29 is 29.0 Å². The minimum Gasteiger partial charge on any atom is -0.508 e. The summed E-state index contributed by atoms with van der Waals surface area (Å²) in [6, 6.07) is 13.4. The molecule has 0 aliphatic carbocycles. The number of carbonyl (C=O) groups is 2. The fourth-order valence-corrected chi connectivity index (χ4v) is 2.39. The second kappa shape index (κ2) is 7.84. The van der Waals surface area contributed by atoms with Gasteiger partial charge in [-0.25, -0.2) is 4.79 Å². The van der Waals surface area contributed by atoms with E-state index in [1.807, 2.05) is 0 Å². The summed E-state index contributed by atoms with van der Waals surface area (Å²) in [5, 5.41) is 21.6. The lowest BCUT2D eigenvalue weighted by molar-refractivity contribution is 0.0697.